The monoisotopic (exact) mass is 364 g/mol. The first-order chi connectivity index (χ1) is 9.88. The molecule has 116 valence electrons. The quantitative estimate of drug-likeness (QED) is 0.888. The Morgan fingerprint density at radius 2 is 1.95 bits per heavy atom. The van der Waals surface area contributed by atoms with Crippen LogP contribution in [-0.4, -0.2) is 37.0 Å². The van der Waals surface area contributed by atoms with Crippen LogP contribution >= 0.6 is 15.9 Å². The largest absolute Gasteiger partial charge is 0.417 e. The van der Waals surface area contributed by atoms with E-state index >= 15 is 0 Å². The Labute approximate surface area is 129 Å². The Morgan fingerprint density at radius 1 is 1.29 bits per heavy atom. The summed E-state index contributed by atoms with van der Waals surface area (Å²) >= 11 is 3.00. The molecule has 1 aromatic carbocycles. The molecule has 1 saturated heterocycles. The van der Waals surface area contributed by atoms with E-state index in [1.807, 2.05) is 0 Å². The van der Waals surface area contributed by atoms with E-state index < -0.39 is 17.6 Å². The molecule has 7 heteroatoms. The Bertz CT molecular complexity index is 513. The molecule has 0 aliphatic carbocycles. The number of nitrogens with one attached hydrogen (secondary N) is 1. The second kappa shape index (κ2) is 6.79. The Balaban J connectivity index is 2.01. The lowest BCUT2D eigenvalue weighted by atomic mass is 10.1. The Kier molecular flexibility index (Phi) is 5.27. The summed E-state index contributed by atoms with van der Waals surface area (Å²) in [6, 6.07) is 3.55. The molecule has 1 heterocycles. The molecule has 3 nitrogen and oxygen atoms in total. The topological polar surface area (TPSA) is 32.3 Å². The number of hydrogen-bond acceptors (Lipinski definition) is 2. The van der Waals surface area contributed by atoms with Crippen LogP contribution in [0, 0.1) is 0 Å². The van der Waals surface area contributed by atoms with Crippen molar-refractivity contribution in [3.63, 3.8) is 0 Å². The van der Waals surface area contributed by atoms with E-state index in [4.69, 9.17) is 0 Å². The minimum atomic E-state index is -4.55. The van der Waals surface area contributed by atoms with Crippen LogP contribution in [0.1, 0.15) is 28.8 Å². The van der Waals surface area contributed by atoms with Crippen molar-refractivity contribution in [3.05, 3.63) is 33.8 Å². The SMILES string of the molecule is O=C(NCCN1CCCC1)c1ccc(Br)cc1C(F)(F)F. The molecular formula is C14H16BrF3N2O. The normalized spacial score (nSPS) is 16.2. The smallest absolute Gasteiger partial charge is 0.351 e. The fourth-order valence-electron chi connectivity index (χ4n) is 2.38. The van der Waals surface area contributed by atoms with Crippen molar-refractivity contribution < 1.29 is 18.0 Å². The zero-order valence-electron chi connectivity index (χ0n) is 11.3. The summed E-state index contributed by atoms with van der Waals surface area (Å²) < 4.78 is 39.1. The Hall–Kier alpha value is -1.08. The van der Waals surface area contributed by atoms with Crippen LogP contribution < -0.4 is 5.32 Å². The second-order valence-electron chi connectivity index (χ2n) is 4.99. The van der Waals surface area contributed by atoms with Crippen LogP contribution in [0.15, 0.2) is 22.7 Å². The number of amides is 1. The van der Waals surface area contributed by atoms with Gasteiger partial charge >= 0.3 is 6.18 Å². The number of nitrogens with zero attached hydrogens (tertiary/aromatic N) is 1. The summed E-state index contributed by atoms with van der Waals surface area (Å²) in [6.07, 6.45) is -2.27. The van der Waals surface area contributed by atoms with E-state index in [9.17, 15) is 18.0 Å². The zero-order valence-corrected chi connectivity index (χ0v) is 12.9. The molecule has 1 aliphatic heterocycles. The van der Waals surface area contributed by atoms with Gasteiger partial charge in [0.2, 0.25) is 0 Å². The fourth-order valence-corrected chi connectivity index (χ4v) is 2.74. The summed E-state index contributed by atoms with van der Waals surface area (Å²) in [5.41, 5.74) is -1.26. The second-order valence-corrected chi connectivity index (χ2v) is 5.91. The number of hydrogen-bond donors (Lipinski definition) is 1. The molecular weight excluding hydrogens is 349 g/mol. The van der Waals surface area contributed by atoms with Gasteiger partial charge in [-0.15, -0.1) is 0 Å². The molecule has 2 rings (SSSR count). The summed E-state index contributed by atoms with van der Waals surface area (Å²) in [7, 11) is 0. The molecule has 0 unspecified atom stereocenters. The molecule has 0 saturated carbocycles. The predicted octanol–water partition coefficient (Wildman–Crippen LogP) is 3.29. The minimum Gasteiger partial charge on any atom is -0.351 e. The average Bonchev–Trinajstić information content (AvgIpc) is 2.90. The highest BCUT2D eigenvalue weighted by atomic mass is 79.9. The number of carbonyl (C=O) groups is 1. The van der Waals surface area contributed by atoms with Crippen molar-refractivity contribution in [1.29, 1.82) is 0 Å². The number of carbonyl (C=O) groups excluding carboxylic acids is 1. The van der Waals surface area contributed by atoms with E-state index in [1.165, 1.54) is 12.1 Å². The van der Waals surface area contributed by atoms with E-state index in [0.717, 1.165) is 32.0 Å². The van der Waals surface area contributed by atoms with Crippen LogP contribution in [0.5, 0.6) is 0 Å². The number of alkyl halides is 3. The first-order valence-corrected chi connectivity index (χ1v) is 7.54. The molecule has 0 aromatic heterocycles. The molecule has 1 N–H and O–H groups in total. The van der Waals surface area contributed by atoms with Crippen molar-refractivity contribution in [2.45, 2.75) is 19.0 Å². The van der Waals surface area contributed by atoms with Gasteiger partial charge in [-0.1, -0.05) is 15.9 Å². The minimum absolute atomic E-state index is 0.295. The maximum atomic E-state index is 12.9. The van der Waals surface area contributed by atoms with Crippen molar-refractivity contribution in [1.82, 2.24) is 10.2 Å². The van der Waals surface area contributed by atoms with Gasteiger partial charge in [0, 0.05) is 17.6 Å². The Morgan fingerprint density at radius 3 is 2.57 bits per heavy atom. The molecule has 1 fully saturated rings. The third kappa shape index (κ3) is 4.44. The van der Waals surface area contributed by atoms with Gasteiger partial charge in [-0.05, 0) is 44.1 Å². The number of rotatable bonds is 4. The van der Waals surface area contributed by atoms with Crippen molar-refractivity contribution in [3.8, 4) is 0 Å². The summed E-state index contributed by atoms with van der Waals surface area (Å²) in [4.78, 5) is 14.1. The van der Waals surface area contributed by atoms with Crippen molar-refractivity contribution in [2.24, 2.45) is 0 Å². The lowest BCUT2D eigenvalue weighted by Crippen LogP contribution is -2.34. The van der Waals surface area contributed by atoms with Gasteiger partial charge in [-0.3, -0.25) is 4.79 Å². The van der Waals surface area contributed by atoms with Gasteiger partial charge in [0.1, 0.15) is 0 Å². The van der Waals surface area contributed by atoms with Crippen LogP contribution in [-0.2, 0) is 6.18 Å². The first-order valence-electron chi connectivity index (χ1n) is 6.75. The summed E-state index contributed by atoms with van der Waals surface area (Å²) in [5, 5.41) is 2.56. The van der Waals surface area contributed by atoms with Gasteiger partial charge in [0.05, 0.1) is 11.1 Å². The van der Waals surface area contributed by atoms with Gasteiger partial charge in [-0.2, -0.15) is 13.2 Å². The predicted molar refractivity (Wildman–Crippen MR) is 77.2 cm³/mol. The molecule has 21 heavy (non-hydrogen) atoms. The fraction of sp³-hybridized carbons (Fsp3) is 0.500. The zero-order chi connectivity index (χ0) is 15.5. The number of halogens is 4. The maximum absolute atomic E-state index is 12.9. The van der Waals surface area contributed by atoms with Gasteiger partial charge in [0.15, 0.2) is 0 Å². The van der Waals surface area contributed by atoms with E-state index in [2.05, 4.69) is 26.1 Å². The van der Waals surface area contributed by atoms with Crippen LogP contribution in [0.4, 0.5) is 13.2 Å². The number of likely N-dealkylation sites (tertiary alicyclic amines) is 1. The third-order valence-electron chi connectivity index (χ3n) is 3.44. The highest BCUT2D eigenvalue weighted by Crippen LogP contribution is 2.33. The van der Waals surface area contributed by atoms with Crippen molar-refractivity contribution in [2.75, 3.05) is 26.2 Å². The first kappa shape index (κ1) is 16.3. The molecule has 0 bridgehead atoms. The van der Waals surface area contributed by atoms with Crippen LogP contribution in [0.25, 0.3) is 0 Å². The highest BCUT2D eigenvalue weighted by molar-refractivity contribution is 9.10. The molecule has 1 amide bonds. The van der Waals surface area contributed by atoms with E-state index in [1.54, 1.807) is 0 Å². The standard InChI is InChI=1S/C14H16BrF3N2O/c15-10-3-4-11(12(9-10)14(16,17)18)13(21)19-5-8-20-6-1-2-7-20/h3-4,9H,1-2,5-8H2,(H,19,21). The van der Waals surface area contributed by atoms with Crippen LogP contribution in [0.2, 0.25) is 0 Å². The van der Waals surface area contributed by atoms with Gasteiger partial charge < -0.3 is 10.2 Å². The van der Waals surface area contributed by atoms with Crippen molar-refractivity contribution >= 4 is 21.8 Å². The van der Waals surface area contributed by atoms with E-state index in [-0.39, 0.29) is 5.56 Å². The summed E-state index contributed by atoms with van der Waals surface area (Å²) in [5.74, 6) is -0.686. The summed E-state index contributed by atoms with van der Waals surface area (Å²) in [6.45, 7) is 3.00. The number of benzene rings is 1. The molecule has 1 aromatic rings. The molecule has 0 atom stereocenters. The molecule has 1 aliphatic rings. The van der Waals surface area contributed by atoms with Gasteiger partial charge in [-0.25, -0.2) is 0 Å². The lowest BCUT2D eigenvalue weighted by Gasteiger charge is -2.16. The maximum Gasteiger partial charge on any atom is 0.417 e. The molecule has 0 radical (unpaired) electrons. The third-order valence-corrected chi connectivity index (χ3v) is 3.94. The highest BCUT2D eigenvalue weighted by Gasteiger charge is 2.35. The van der Waals surface area contributed by atoms with Crippen LogP contribution in [0.3, 0.4) is 0 Å². The average molecular weight is 365 g/mol. The van der Waals surface area contributed by atoms with Gasteiger partial charge in [0.25, 0.3) is 5.91 Å². The molecule has 0 spiro atoms. The van der Waals surface area contributed by atoms with E-state index in [0.29, 0.717) is 17.6 Å². The lowest BCUT2D eigenvalue weighted by molar-refractivity contribution is -0.138.